The molecule has 0 heterocycles. The van der Waals surface area contributed by atoms with Gasteiger partial charge in [0.25, 0.3) is 0 Å². The van der Waals surface area contributed by atoms with Crippen molar-refractivity contribution in [2.45, 2.75) is 414 Å². The summed E-state index contributed by atoms with van der Waals surface area (Å²) in [5, 5.41) is 10.6. The molecule has 0 aromatic rings. The molecular weight excluding hydrogens is 1310 g/mol. The van der Waals surface area contributed by atoms with E-state index in [1.807, 2.05) is 0 Å². The molecule has 0 rings (SSSR count). The number of unbranched alkanes of at least 4 members (excludes halogenated alkanes) is 42. The van der Waals surface area contributed by atoms with Gasteiger partial charge in [-0.25, -0.2) is 9.13 Å². The summed E-state index contributed by atoms with van der Waals surface area (Å²) >= 11 is 0. The van der Waals surface area contributed by atoms with E-state index in [4.69, 9.17) is 37.0 Å². The number of carbonyl (C=O) groups excluding carboxylic acids is 4. The fourth-order valence-corrected chi connectivity index (χ4v) is 13.5. The van der Waals surface area contributed by atoms with Gasteiger partial charge in [-0.3, -0.25) is 37.3 Å². The molecule has 0 spiro atoms. The summed E-state index contributed by atoms with van der Waals surface area (Å²) in [6, 6.07) is 0. The Hall–Kier alpha value is -2.46. The highest BCUT2D eigenvalue weighted by atomic mass is 31.2. The third-order valence-electron chi connectivity index (χ3n) is 18.3. The molecule has 0 aliphatic heterocycles. The van der Waals surface area contributed by atoms with Crippen molar-refractivity contribution in [3.8, 4) is 0 Å². The van der Waals surface area contributed by atoms with Crippen molar-refractivity contribution in [2.24, 2.45) is 17.8 Å². The summed E-state index contributed by atoms with van der Waals surface area (Å²) < 4.78 is 68.6. The van der Waals surface area contributed by atoms with Gasteiger partial charge in [-0.1, -0.05) is 342 Å². The Labute approximate surface area is 612 Å². The van der Waals surface area contributed by atoms with Crippen molar-refractivity contribution >= 4 is 39.5 Å². The lowest BCUT2D eigenvalue weighted by molar-refractivity contribution is -0.161. The van der Waals surface area contributed by atoms with Crippen molar-refractivity contribution in [1.29, 1.82) is 0 Å². The highest BCUT2D eigenvalue weighted by molar-refractivity contribution is 7.47. The first-order valence-electron chi connectivity index (χ1n) is 41.2. The Morgan fingerprint density at radius 1 is 0.310 bits per heavy atom. The maximum absolute atomic E-state index is 13.1. The zero-order valence-electron chi connectivity index (χ0n) is 65.2. The van der Waals surface area contributed by atoms with Crippen LogP contribution in [0.1, 0.15) is 395 Å². The van der Waals surface area contributed by atoms with Gasteiger partial charge in [-0.2, -0.15) is 0 Å². The fraction of sp³-hybridized carbons (Fsp3) is 0.901. The number of aliphatic hydroxyl groups excluding tert-OH is 1. The molecule has 0 amide bonds. The van der Waals surface area contributed by atoms with Crippen molar-refractivity contribution in [3.63, 3.8) is 0 Å². The van der Waals surface area contributed by atoms with Crippen LogP contribution in [0.15, 0.2) is 24.3 Å². The third kappa shape index (κ3) is 73.8. The van der Waals surface area contributed by atoms with Crippen LogP contribution in [0.2, 0.25) is 0 Å². The molecule has 19 heteroatoms. The van der Waals surface area contributed by atoms with E-state index in [2.05, 4.69) is 72.8 Å². The van der Waals surface area contributed by atoms with Gasteiger partial charge in [0.1, 0.15) is 19.3 Å². The van der Waals surface area contributed by atoms with E-state index in [0.29, 0.717) is 31.6 Å². The lowest BCUT2D eigenvalue weighted by Crippen LogP contribution is -2.30. The van der Waals surface area contributed by atoms with Gasteiger partial charge in [0.15, 0.2) is 12.2 Å². The SMILES string of the molecule is CCCCCC/C=C\C=C/CCCCCCCC(=O)O[C@H](COC(=O)CCCCCCCCCC(C)C)COP(=O)(O)OCC(O)COP(=O)(O)OC[C@@H](COC(=O)CCCCCCCCCCCCCCCCCCCCC(C)C)OC(=O)CCCCCCCCCCCCCC(C)C. The molecule has 17 nitrogen and oxygen atoms in total. The number of esters is 4. The normalized spacial score (nSPS) is 14.1. The predicted molar refractivity (Wildman–Crippen MR) is 409 cm³/mol. The molecule has 0 aromatic carbocycles. The Balaban J connectivity index is 5.23. The molecular formula is C81H154O17P2. The lowest BCUT2D eigenvalue weighted by atomic mass is 10.0. The summed E-state index contributed by atoms with van der Waals surface area (Å²) in [7, 11) is -9.93. The van der Waals surface area contributed by atoms with Crippen LogP contribution >= 0.6 is 15.6 Å². The highest BCUT2D eigenvalue weighted by Gasteiger charge is 2.30. The van der Waals surface area contributed by atoms with Crippen molar-refractivity contribution in [3.05, 3.63) is 24.3 Å². The topological polar surface area (TPSA) is 237 Å². The zero-order valence-corrected chi connectivity index (χ0v) is 66.9. The molecule has 100 heavy (non-hydrogen) atoms. The average Bonchev–Trinajstić information content (AvgIpc) is 0.931. The van der Waals surface area contributed by atoms with Gasteiger partial charge in [-0.05, 0) is 69.1 Å². The first kappa shape index (κ1) is 97.5. The van der Waals surface area contributed by atoms with Crippen LogP contribution in [0.3, 0.4) is 0 Å². The number of ether oxygens (including phenoxy) is 4. The van der Waals surface area contributed by atoms with Crippen LogP contribution in [-0.2, 0) is 65.4 Å². The van der Waals surface area contributed by atoms with E-state index < -0.39 is 97.5 Å². The van der Waals surface area contributed by atoms with E-state index in [9.17, 15) is 43.2 Å². The first-order valence-corrected chi connectivity index (χ1v) is 44.2. The first-order chi connectivity index (χ1) is 48.2. The molecule has 590 valence electrons. The molecule has 0 saturated heterocycles. The number of aliphatic hydroxyl groups is 1. The van der Waals surface area contributed by atoms with Gasteiger partial charge in [0.05, 0.1) is 26.4 Å². The summed E-state index contributed by atoms with van der Waals surface area (Å²) in [6.45, 7) is 11.8. The largest absolute Gasteiger partial charge is 0.472 e. The monoisotopic (exact) mass is 1460 g/mol. The van der Waals surface area contributed by atoms with Gasteiger partial charge in [0, 0.05) is 25.7 Å². The molecule has 0 aromatic heterocycles. The fourth-order valence-electron chi connectivity index (χ4n) is 11.9. The number of phosphoric ester groups is 2. The van der Waals surface area contributed by atoms with Gasteiger partial charge >= 0.3 is 39.5 Å². The number of phosphoric acid groups is 2. The summed E-state index contributed by atoms with van der Waals surface area (Å²) in [5.41, 5.74) is 0. The summed E-state index contributed by atoms with van der Waals surface area (Å²) in [5.74, 6) is 0.144. The van der Waals surface area contributed by atoms with Crippen molar-refractivity contribution < 1.29 is 80.2 Å². The highest BCUT2D eigenvalue weighted by Crippen LogP contribution is 2.45. The Morgan fingerprint density at radius 3 is 0.810 bits per heavy atom. The molecule has 3 N–H and O–H groups in total. The van der Waals surface area contributed by atoms with Crippen LogP contribution in [0.4, 0.5) is 0 Å². The van der Waals surface area contributed by atoms with Crippen LogP contribution < -0.4 is 0 Å². The van der Waals surface area contributed by atoms with E-state index in [1.54, 1.807) is 0 Å². The van der Waals surface area contributed by atoms with Crippen LogP contribution in [0.25, 0.3) is 0 Å². The Bertz CT molecular complexity index is 2030. The van der Waals surface area contributed by atoms with Gasteiger partial charge < -0.3 is 33.8 Å². The zero-order chi connectivity index (χ0) is 73.7. The Morgan fingerprint density at radius 2 is 0.540 bits per heavy atom. The lowest BCUT2D eigenvalue weighted by Gasteiger charge is -2.21. The van der Waals surface area contributed by atoms with Gasteiger partial charge in [0.2, 0.25) is 0 Å². The van der Waals surface area contributed by atoms with Crippen LogP contribution in [-0.4, -0.2) is 96.7 Å². The van der Waals surface area contributed by atoms with Crippen molar-refractivity contribution in [2.75, 3.05) is 39.6 Å². The molecule has 0 saturated carbocycles. The maximum Gasteiger partial charge on any atom is 0.472 e. The minimum absolute atomic E-state index is 0.0841. The van der Waals surface area contributed by atoms with Crippen molar-refractivity contribution in [1.82, 2.24) is 0 Å². The third-order valence-corrected chi connectivity index (χ3v) is 20.2. The molecule has 0 aliphatic carbocycles. The van der Waals surface area contributed by atoms with Crippen LogP contribution in [0, 0.1) is 17.8 Å². The van der Waals surface area contributed by atoms with Gasteiger partial charge in [-0.15, -0.1) is 0 Å². The average molecular weight is 1460 g/mol. The second-order valence-corrected chi connectivity index (χ2v) is 32.8. The molecule has 0 aliphatic rings. The summed E-state index contributed by atoms with van der Waals surface area (Å²) in [4.78, 5) is 72.9. The van der Waals surface area contributed by atoms with E-state index >= 15 is 0 Å². The minimum atomic E-state index is -4.97. The molecule has 3 unspecified atom stereocenters. The minimum Gasteiger partial charge on any atom is -0.462 e. The van der Waals surface area contributed by atoms with E-state index in [1.165, 1.54) is 186 Å². The second kappa shape index (κ2) is 70.8. The number of carbonyl (C=O) groups is 4. The molecule has 0 bridgehead atoms. The molecule has 5 atom stereocenters. The van der Waals surface area contributed by atoms with Crippen LogP contribution in [0.5, 0.6) is 0 Å². The standard InChI is InChI=1S/C81H154O17P2/c1-8-9-10-11-12-13-14-15-20-25-30-35-42-50-57-64-80(85)98-77(69-92-79(84)63-56-49-44-37-40-47-54-61-74(6)7)71-96-100(89,90)94-67-75(82)66-93-99(87,88)95-70-76(97-81(86)65-58-51-43-36-31-26-28-33-39-46-53-60-73(4)5)68-91-78(83)62-55-48-41-34-29-24-22-19-17-16-18-21-23-27-32-38-45-52-59-72(2)3/h13-15,20,72-77,82H,8-12,16-19,21-71H2,1-7H3,(H,87,88)(H,89,90)/b14-13-,20-15-/t75?,76-,77-/m1/s1. The number of hydrogen-bond acceptors (Lipinski definition) is 15. The van der Waals surface area contributed by atoms with E-state index in [-0.39, 0.29) is 25.7 Å². The number of hydrogen-bond donors (Lipinski definition) is 3. The second-order valence-electron chi connectivity index (χ2n) is 29.9. The molecule has 0 radical (unpaired) electrons. The predicted octanol–water partition coefficient (Wildman–Crippen LogP) is 23.7. The van der Waals surface area contributed by atoms with E-state index in [0.717, 1.165) is 121 Å². The Kier molecular flexibility index (Phi) is 69.1. The quantitative estimate of drug-likeness (QED) is 0.0169. The summed E-state index contributed by atoms with van der Waals surface area (Å²) in [6.07, 6.45) is 62.0. The number of rotatable bonds is 77. The maximum atomic E-state index is 13.1. The number of allylic oxidation sites excluding steroid dienone is 4. The smallest absolute Gasteiger partial charge is 0.462 e. The molecule has 0 fully saturated rings.